The van der Waals surface area contributed by atoms with Gasteiger partial charge in [-0.05, 0) is 72.6 Å². The van der Waals surface area contributed by atoms with Gasteiger partial charge in [-0.25, -0.2) is 0 Å². The molecule has 2 spiro atoms. The van der Waals surface area contributed by atoms with Crippen LogP contribution in [0.4, 0.5) is 0 Å². The van der Waals surface area contributed by atoms with Crippen LogP contribution in [0, 0.1) is 11.3 Å². The lowest BCUT2D eigenvalue weighted by Crippen LogP contribution is -3.10. The van der Waals surface area contributed by atoms with Gasteiger partial charge in [0.05, 0.1) is 31.3 Å². The van der Waals surface area contributed by atoms with Crippen molar-refractivity contribution in [2.75, 3.05) is 14.1 Å². The minimum absolute atomic E-state index is 0.0248. The van der Waals surface area contributed by atoms with Crippen molar-refractivity contribution < 1.29 is 9.64 Å². The molecule has 3 fully saturated rings. The molecule has 31 heavy (non-hydrogen) atoms. The van der Waals surface area contributed by atoms with Crippen molar-refractivity contribution in [2.45, 2.75) is 88.1 Å². The van der Waals surface area contributed by atoms with Crippen LogP contribution >= 0.6 is 0 Å². The van der Waals surface area contributed by atoms with Crippen molar-refractivity contribution in [2.24, 2.45) is 11.3 Å². The van der Waals surface area contributed by atoms with Crippen LogP contribution in [-0.2, 0) is 11.3 Å². The van der Waals surface area contributed by atoms with Crippen LogP contribution in [0.3, 0.4) is 0 Å². The SMILES string of the molecule is C[NH+](C)C1CCC2=CC3=CCC4(C)C(NCc5cccnc5)CCC4[C@@]34CC[C@]2(C1)O4. The van der Waals surface area contributed by atoms with Gasteiger partial charge in [-0.15, -0.1) is 0 Å². The Labute approximate surface area is 187 Å². The maximum absolute atomic E-state index is 7.36. The van der Waals surface area contributed by atoms with Gasteiger partial charge < -0.3 is 15.0 Å². The minimum atomic E-state index is -0.0369. The summed E-state index contributed by atoms with van der Waals surface area (Å²) in [6.45, 7) is 3.45. The highest BCUT2D eigenvalue weighted by Gasteiger charge is 2.66. The van der Waals surface area contributed by atoms with E-state index in [0.717, 1.165) is 12.6 Å². The number of nitrogens with zero attached hydrogens (tertiary/aromatic N) is 1. The Bertz CT molecular complexity index is 924. The summed E-state index contributed by atoms with van der Waals surface area (Å²) in [4.78, 5) is 5.88. The summed E-state index contributed by atoms with van der Waals surface area (Å²) in [5.74, 6) is 0.621. The van der Waals surface area contributed by atoms with Gasteiger partial charge in [-0.1, -0.05) is 25.1 Å². The monoisotopic (exact) mass is 420 g/mol. The highest BCUT2D eigenvalue weighted by molar-refractivity contribution is 5.47. The second-order valence-corrected chi connectivity index (χ2v) is 11.5. The first-order valence-corrected chi connectivity index (χ1v) is 12.5. The number of quaternary nitrogens is 1. The first-order chi connectivity index (χ1) is 15.0. The standard InChI is InChI=1S/C27H37N3O/c1-25-11-10-21-15-20-6-7-22(30(2)3)16-26(20)12-13-27(21,31-26)23(25)8-9-24(25)29-18-19-5-4-14-28-17-19/h4-5,10,14-15,17,22-24,29H,6-9,11-13,16,18H2,1-3H3/p+1/t22?,23?,24?,25?,26-,27-/m1/s1. The lowest BCUT2D eigenvalue weighted by atomic mass is 9.60. The summed E-state index contributed by atoms with van der Waals surface area (Å²) in [5.41, 5.74) is 4.67. The number of allylic oxidation sites excluding steroid dienone is 1. The molecule has 5 aliphatic rings. The Kier molecular flexibility index (Phi) is 4.55. The zero-order valence-corrected chi connectivity index (χ0v) is 19.4. The number of fused-ring (bicyclic) bond motifs is 1. The summed E-state index contributed by atoms with van der Waals surface area (Å²) in [6, 6.07) is 5.48. The molecule has 4 unspecified atom stereocenters. The molecule has 2 N–H and O–H groups in total. The second kappa shape index (κ2) is 7.00. The Morgan fingerprint density at radius 1 is 1.23 bits per heavy atom. The third-order valence-electron chi connectivity index (χ3n) is 9.77. The van der Waals surface area contributed by atoms with E-state index in [2.05, 4.69) is 49.5 Å². The maximum atomic E-state index is 7.36. The number of ether oxygens (including phenoxy) is 1. The highest BCUT2D eigenvalue weighted by atomic mass is 16.5. The van der Waals surface area contributed by atoms with Gasteiger partial charge in [0, 0.05) is 37.8 Å². The van der Waals surface area contributed by atoms with Gasteiger partial charge in [-0.2, -0.15) is 0 Å². The molecule has 4 nitrogen and oxygen atoms in total. The zero-order valence-electron chi connectivity index (χ0n) is 19.4. The van der Waals surface area contributed by atoms with Gasteiger partial charge in [0.25, 0.3) is 0 Å². The molecule has 4 heteroatoms. The van der Waals surface area contributed by atoms with E-state index in [1.807, 2.05) is 18.5 Å². The zero-order chi connectivity index (χ0) is 21.3. The molecule has 6 rings (SSSR count). The molecule has 0 aromatic carbocycles. The lowest BCUT2D eigenvalue weighted by molar-refractivity contribution is -0.887. The van der Waals surface area contributed by atoms with Crippen molar-refractivity contribution in [3.8, 4) is 0 Å². The van der Waals surface area contributed by atoms with E-state index >= 15 is 0 Å². The fourth-order valence-corrected chi connectivity index (χ4v) is 7.98. The molecule has 6 atom stereocenters. The molecule has 166 valence electrons. The van der Waals surface area contributed by atoms with Crippen LogP contribution in [-0.4, -0.2) is 42.4 Å². The minimum Gasteiger partial charge on any atom is -0.359 e. The van der Waals surface area contributed by atoms with Gasteiger partial charge in [0.1, 0.15) is 0 Å². The second-order valence-electron chi connectivity index (χ2n) is 11.5. The predicted octanol–water partition coefficient (Wildman–Crippen LogP) is 3.21. The molecule has 1 aromatic rings. The van der Waals surface area contributed by atoms with E-state index in [4.69, 9.17) is 4.74 Å². The number of nitrogens with one attached hydrogen (secondary N) is 2. The van der Waals surface area contributed by atoms with Crippen molar-refractivity contribution in [3.05, 3.63) is 53.4 Å². The Morgan fingerprint density at radius 3 is 2.94 bits per heavy atom. The van der Waals surface area contributed by atoms with Crippen molar-refractivity contribution in [1.82, 2.24) is 10.3 Å². The molecule has 1 aromatic heterocycles. The number of aromatic nitrogens is 1. The molecule has 2 aliphatic heterocycles. The molecular formula is C27H38N3O+. The van der Waals surface area contributed by atoms with Gasteiger partial charge in [0.2, 0.25) is 0 Å². The fraction of sp³-hybridized carbons (Fsp3) is 0.667. The maximum Gasteiger partial charge on any atom is 0.0975 e. The van der Waals surface area contributed by atoms with Crippen LogP contribution in [0.15, 0.2) is 47.8 Å². The van der Waals surface area contributed by atoms with Crippen LogP contribution in [0.2, 0.25) is 0 Å². The van der Waals surface area contributed by atoms with Gasteiger partial charge >= 0.3 is 0 Å². The number of hydrogen-bond donors (Lipinski definition) is 2. The van der Waals surface area contributed by atoms with E-state index in [0.29, 0.717) is 12.0 Å². The van der Waals surface area contributed by atoms with Crippen molar-refractivity contribution in [1.29, 1.82) is 0 Å². The summed E-state index contributed by atoms with van der Waals surface area (Å²) >= 11 is 0. The molecule has 2 bridgehead atoms. The summed E-state index contributed by atoms with van der Waals surface area (Å²) < 4.78 is 7.36. The van der Waals surface area contributed by atoms with E-state index in [-0.39, 0.29) is 16.6 Å². The topological polar surface area (TPSA) is 38.6 Å². The van der Waals surface area contributed by atoms with Crippen molar-refractivity contribution >= 4 is 0 Å². The highest BCUT2D eigenvalue weighted by Crippen LogP contribution is 2.66. The molecule has 3 aliphatic carbocycles. The fourth-order valence-electron chi connectivity index (χ4n) is 7.98. The summed E-state index contributed by atoms with van der Waals surface area (Å²) in [5, 5.41) is 3.92. The van der Waals surface area contributed by atoms with Crippen LogP contribution < -0.4 is 10.2 Å². The third kappa shape index (κ3) is 2.87. The largest absolute Gasteiger partial charge is 0.359 e. The first kappa shape index (κ1) is 20.1. The predicted molar refractivity (Wildman–Crippen MR) is 123 cm³/mol. The average molecular weight is 421 g/mol. The van der Waals surface area contributed by atoms with E-state index in [1.54, 1.807) is 10.5 Å². The molecule has 2 saturated carbocycles. The smallest absolute Gasteiger partial charge is 0.0975 e. The Hall–Kier alpha value is -1.49. The normalized spacial score (nSPS) is 43.2. The quantitative estimate of drug-likeness (QED) is 0.786. The van der Waals surface area contributed by atoms with E-state index < -0.39 is 0 Å². The Balaban J connectivity index is 1.29. The van der Waals surface area contributed by atoms with Crippen LogP contribution in [0.25, 0.3) is 0 Å². The molecule has 3 heterocycles. The number of pyridine rings is 1. The van der Waals surface area contributed by atoms with E-state index in [1.165, 1.54) is 62.5 Å². The third-order valence-corrected chi connectivity index (χ3v) is 9.77. The average Bonchev–Trinajstić information content (AvgIpc) is 3.27. The van der Waals surface area contributed by atoms with Crippen LogP contribution in [0.1, 0.15) is 63.9 Å². The van der Waals surface area contributed by atoms with Crippen molar-refractivity contribution in [3.63, 3.8) is 0 Å². The summed E-state index contributed by atoms with van der Waals surface area (Å²) in [6.07, 6.45) is 18.9. The van der Waals surface area contributed by atoms with Crippen LogP contribution in [0.5, 0.6) is 0 Å². The molecule has 0 radical (unpaired) electrons. The van der Waals surface area contributed by atoms with E-state index in [9.17, 15) is 0 Å². The summed E-state index contributed by atoms with van der Waals surface area (Å²) in [7, 11) is 4.64. The van der Waals surface area contributed by atoms with Gasteiger partial charge in [-0.3, -0.25) is 4.98 Å². The molecular weight excluding hydrogens is 382 g/mol. The first-order valence-electron chi connectivity index (χ1n) is 12.5. The van der Waals surface area contributed by atoms with Gasteiger partial charge in [0.15, 0.2) is 0 Å². The Morgan fingerprint density at radius 2 is 2.13 bits per heavy atom. The molecule has 1 saturated heterocycles. The molecule has 0 amide bonds. The number of rotatable bonds is 4. The lowest BCUT2D eigenvalue weighted by Gasteiger charge is -2.54. The number of hydrogen-bond acceptors (Lipinski definition) is 3.